The van der Waals surface area contributed by atoms with E-state index in [2.05, 4.69) is 42.7 Å². The summed E-state index contributed by atoms with van der Waals surface area (Å²) in [5.74, 6) is 6.86. The van der Waals surface area contributed by atoms with Crippen molar-refractivity contribution in [3.05, 3.63) is 40.1 Å². The maximum atomic E-state index is 9.20. The SMILES string of the molecule is CC(C)c1c(NN)ncnc1Nc1cc(Br)ccc1C#N. The largest absolute Gasteiger partial charge is 0.339 e. The van der Waals surface area contributed by atoms with Crippen molar-refractivity contribution in [1.82, 2.24) is 9.97 Å². The molecule has 1 aromatic carbocycles. The smallest absolute Gasteiger partial charge is 0.148 e. The number of nitrogens with zero attached hydrogens (tertiary/aromatic N) is 3. The van der Waals surface area contributed by atoms with Gasteiger partial charge in [-0.3, -0.25) is 0 Å². The summed E-state index contributed by atoms with van der Waals surface area (Å²) >= 11 is 3.40. The summed E-state index contributed by atoms with van der Waals surface area (Å²) in [6.45, 7) is 4.05. The Kier molecular flexibility index (Phi) is 4.73. The van der Waals surface area contributed by atoms with Crippen LogP contribution < -0.4 is 16.6 Å². The highest BCUT2D eigenvalue weighted by atomic mass is 79.9. The molecule has 6 nitrogen and oxygen atoms in total. The Morgan fingerprint density at radius 1 is 1.29 bits per heavy atom. The number of nitrogens with one attached hydrogen (secondary N) is 2. The van der Waals surface area contributed by atoms with Crippen molar-refractivity contribution in [2.24, 2.45) is 5.84 Å². The van der Waals surface area contributed by atoms with E-state index >= 15 is 0 Å². The molecule has 1 aromatic heterocycles. The molecule has 1 heterocycles. The van der Waals surface area contributed by atoms with E-state index < -0.39 is 0 Å². The monoisotopic (exact) mass is 346 g/mol. The zero-order valence-corrected chi connectivity index (χ0v) is 13.3. The minimum atomic E-state index is 0.164. The third-order valence-electron chi connectivity index (χ3n) is 2.95. The predicted molar refractivity (Wildman–Crippen MR) is 86.1 cm³/mol. The Balaban J connectivity index is 2.50. The van der Waals surface area contributed by atoms with Crippen LogP contribution in [0.15, 0.2) is 29.0 Å². The number of nitrogens with two attached hydrogens (primary N) is 1. The lowest BCUT2D eigenvalue weighted by Gasteiger charge is -2.17. The van der Waals surface area contributed by atoms with Crippen LogP contribution in [0.3, 0.4) is 0 Å². The topological polar surface area (TPSA) is 99.7 Å². The second-order valence-electron chi connectivity index (χ2n) is 4.71. The Morgan fingerprint density at radius 3 is 2.62 bits per heavy atom. The number of aromatic nitrogens is 2. The Hall–Kier alpha value is -2.17. The van der Waals surface area contributed by atoms with Gasteiger partial charge in [0.15, 0.2) is 0 Å². The second-order valence-corrected chi connectivity index (χ2v) is 5.63. The molecule has 7 heteroatoms. The number of rotatable bonds is 4. The molecular formula is C14H15BrN6. The van der Waals surface area contributed by atoms with E-state index in [1.165, 1.54) is 6.33 Å². The molecule has 0 atom stereocenters. The van der Waals surface area contributed by atoms with Gasteiger partial charge in [-0.2, -0.15) is 5.26 Å². The summed E-state index contributed by atoms with van der Waals surface area (Å²) in [6, 6.07) is 7.55. The fourth-order valence-electron chi connectivity index (χ4n) is 2.00. The molecule has 0 aliphatic heterocycles. The highest BCUT2D eigenvalue weighted by Gasteiger charge is 2.15. The zero-order valence-electron chi connectivity index (χ0n) is 11.7. The van der Waals surface area contributed by atoms with Gasteiger partial charge in [0, 0.05) is 10.0 Å². The van der Waals surface area contributed by atoms with Gasteiger partial charge in [0.1, 0.15) is 24.0 Å². The van der Waals surface area contributed by atoms with Gasteiger partial charge in [0.25, 0.3) is 0 Å². The number of hydrazine groups is 1. The average Bonchev–Trinajstić information content (AvgIpc) is 2.47. The number of hydrogen-bond acceptors (Lipinski definition) is 6. The van der Waals surface area contributed by atoms with Crippen LogP contribution in [-0.4, -0.2) is 9.97 Å². The third kappa shape index (κ3) is 3.29. The summed E-state index contributed by atoms with van der Waals surface area (Å²) in [7, 11) is 0. The number of hydrogen-bond donors (Lipinski definition) is 3. The van der Waals surface area contributed by atoms with Crippen LogP contribution in [0.4, 0.5) is 17.3 Å². The Bertz CT molecular complexity index is 692. The first-order valence-corrected chi connectivity index (χ1v) is 7.14. The van der Waals surface area contributed by atoms with E-state index in [1.54, 1.807) is 6.07 Å². The molecule has 108 valence electrons. The summed E-state index contributed by atoms with van der Waals surface area (Å²) in [5.41, 5.74) is 4.65. The molecule has 2 aromatic rings. The number of halogens is 1. The Labute approximate surface area is 131 Å². The fraction of sp³-hybridized carbons (Fsp3) is 0.214. The first-order valence-electron chi connectivity index (χ1n) is 6.35. The molecule has 0 radical (unpaired) electrons. The Morgan fingerprint density at radius 2 is 2.00 bits per heavy atom. The van der Waals surface area contributed by atoms with Crippen molar-refractivity contribution in [2.45, 2.75) is 19.8 Å². The fourth-order valence-corrected chi connectivity index (χ4v) is 2.36. The maximum absolute atomic E-state index is 9.20. The van der Waals surface area contributed by atoms with E-state index in [-0.39, 0.29) is 5.92 Å². The molecule has 0 bridgehead atoms. The predicted octanol–water partition coefficient (Wildman–Crippen LogP) is 3.26. The molecule has 4 N–H and O–H groups in total. The molecule has 0 unspecified atom stereocenters. The standard InChI is InChI=1S/C14H15BrN6/c1-8(2)12-13(18-7-19-14(12)21-17)20-11-5-10(15)4-3-9(11)6-16/h3-5,7-8H,17H2,1-2H3,(H2,18,19,20,21). The van der Waals surface area contributed by atoms with Gasteiger partial charge in [-0.05, 0) is 24.1 Å². The number of nitrogen functional groups attached to an aromatic ring is 1. The van der Waals surface area contributed by atoms with Crippen molar-refractivity contribution in [2.75, 3.05) is 10.7 Å². The first kappa shape index (κ1) is 15.2. The minimum Gasteiger partial charge on any atom is -0.339 e. The van der Waals surface area contributed by atoms with Crippen molar-refractivity contribution in [3.63, 3.8) is 0 Å². The quantitative estimate of drug-likeness (QED) is 0.580. The summed E-state index contributed by atoms with van der Waals surface area (Å²) in [4.78, 5) is 8.39. The summed E-state index contributed by atoms with van der Waals surface area (Å²) in [6.07, 6.45) is 1.42. The number of anilines is 3. The van der Waals surface area contributed by atoms with Gasteiger partial charge in [-0.25, -0.2) is 15.8 Å². The van der Waals surface area contributed by atoms with E-state index in [0.29, 0.717) is 22.9 Å². The van der Waals surface area contributed by atoms with Crippen LogP contribution >= 0.6 is 15.9 Å². The average molecular weight is 347 g/mol. The lowest BCUT2D eigenvalue weighted by Crippen LogP contribution is -2.14. The van der Waals surface area contributed by atoms with Gasteiger partial charge < -0.3 is 10.7 Å². The van der Waals surface area contributed by atoms with Crippen LogP contribution in [0, 0.1) is 11.3 Å². The highest BCUT2D eigenvalue weighted by molar-refractivity contribution is 9.10. The molecular weight excluding hydrogens is 332 g/mol. The van der Waals surface area contributed by atoms with Gasteiger partial charge in [0.2, 0.25) is 0 Å². The molecule has 21 heavy (non-hydrogen) atoms. The van der Waals surface area contributed by atoms with Gasteiger partial charge >= 0.3 is 0 Å². The summed E-state index contributed by atoms with van der Waals surface area (Å²) < 4.78 is 0.876. The van der Waals surface area contributed by atoms with Crippen molar-refractivity contribution >= 4 is 33.3 Å². The minimum absolute atomic E-state index is 0.164. The number of benzene rings is 1. The lowest BCUT2D eigenvalue weighted by atomic mass is 10.0. The normalized spacial score (nSPS) is 10.3. The van der Waals surface area contributed by atoms with Crippen molar-refractivity contribution in [1.29, 1.82) is 5.26 Å². The third-order valence-corrected chi connectivity index (χ3v) is 3.45. The summed E-state index contributed by atoms with van der Waals surface area (Å²) in [5, 5.41) is 12.4. The van der Waals surface area contributed by atoms with Gasteiger partial charge in [-0.1, -0.05) is 29.8 Å². The first-order chi connectivity index (χ1) is 10.1. The zero-order chi connectivity index (χ0) is 15.4. The maximum Gasteiger partial charge on any atom is 0.148 e. The van der Waals surface area contributed by atoms with Gasteiger partial charge in [-0.15, -0.1) is 0 Å². The molecule has 0 amide bonds. The van der Waals surface area contributed by atoms with E-state index in [9.17, 15) is 5.26 Å². The van der Waals surface area contributed by atoms with Gasteiger partial charge in [0.05, 0.1) is 11.3 Å². The molecule has 0 fully saturated rings. The van der Waals surface area contributed by atoms with Crippen molar-refractivity contribution in [3.8, 4) is 6.07 Å². The van der Waals surface area contributed by atoms with Crippen LogP contribution in [-0.2, 0) is 0 Å². The highest BCUT2D eigenvalue weighted by Crippen LogP contribution is 2.31. The molecule has 2 rings (SSSR count). The van der Waals surface area contributed by atoms with Crippen LogP contribution in [0.25, 0.3) is 0 Å². The second kappa shape index (κ2) is 6.52. The van der Waals surface area contributed by atoms with Crippen LogP contribution in [0.5, 0.6) is 0 Å². The van der Waals surface area contributed by atoms with Crippen molar-refractivity contribution < 1.29 is 0 Å². The lowest BCUT2D eigenvalue weighted by molar-refractivity contribution is 0.850. The van der Waals surface area contributed by atoms with E-state index in [1.807, 2.05) is 26.0 Å². The van der Waals surface area contributed by atoms with Crippen LogP contribution in [0.2, 0.25) is 0 Å². The molecule has 0 aliphatic carbocycles. The molecule has 0 saturated heterocycles. The molecule has 0 aliphatic rings. The molecule has 0 saturated carbocycles. The van der Waals surface area contributed by atoms with Crippen LogP contribution in [0.1, 0.15) is 30.9 Å². The number of nitriles is 1. The van der Waals surface area contributed by atoms with E-state index in [4.69, 9.17) is 5.84 Å². The van der Waals surface area contributed by atoms with E-state index in [0.717, 1.165) is 10.0 Å². The molecule has 0 spiro atoms.